The zero-order valence-corrected chi connectivity index (χ0v) is 11.0. The molecule has 1 rings (SSSR count). The highest BCUT2D eigenvalue weighted by molar-refractivity contribution is 6.29. The highest BCUT2D eigenvalue weighted by Gasteiger charge is 2.04. The number of nitrogens with one attached hydrogen (secondary N) is 1. The van der Waals surface area contributed by atoms with Crippen molar-refractivity contribution in [2.45, 2.75) is 13.5 Å². The van der Waals surface area contributed by atoms with Gasteiger partial charge in [0, 0.05) is 18.1 Å². The molecule has 0 fully saturated rings. The summed E-state index contributed by atoms with van der Waals surface area (Å²) in [7, 11) is 1.63. The van der Waals surface area contributed by atoms with Crippen LogP contribution in [0.15, 0.2) is 29.8 Å². The van der Waals surface area contributed by atoms with Crippen molar-refractivity contribution in [3.63, 3.8) is 0 Å². The highest BCUT2D eigenvalue weighted by Crippen LogP contribution is 2.27. The Morgan fingerprint density at radius 2 is 2.18 bits per heavy atom. The SMILES string of the molecule is C=C(Cl)CNCc1ccc(OC)c(OCC)c1. The van der Waals surface area contributed by atoms with Gasteiger partial charge in [0.2, 0.25) is 0 Å². The van der Waals surface area contributed by atoms with Gasteiger partial charge in [-0.05, 0) is 24.6 Å². The first-order valence-corrected chi connectivity index (χ1v) is 5.89. The second kappa shape index (κ2) is 7.20. The lowest BCUT2D eigenvalue weighted by molar-refractivity contribution is 0.310. The van der Waals surface area contributed by atoms with E-state index < -0.39 is 0 Å². The second-order valence-electron chi connectivity index (χ2n) is 3.54. The van der Waals surface area contributed by atoms with E-state index in [0.29, 0.717) is 18.2 Å². The molecular weight excluding hydrogens is 238 g/mol. The molecule has 0 radical (unpaired) electrons. The molecule has 0 spiro atoms. The first-order chi connectivity index (χ1) is 8.17. The Bertz CT molecular complexity index is 380. The third kappa shape index (κ3) is 4.67. The van der Waals surface area contributed by atoms with Crippen molar-refractivity contribution >= 4 is 11.6 Å². The summed E-state index contributed by atoms with van der Waals surface area (Å²) in [5.41, 5.74) is 1.12. The molecule has 0 aliphatic heterocycles. The molecule has 1 aromatic carbocycles. The number of benzene rings is 1. The summed E-state index contributed by atoms with van der Waals surface area (Å²) in [6.45, 7) is 7.49. The Balaban J connectivity index is 2.67. The zero-order valence-electron chi connectivity index (χ0n) is 10.3. The summed E-state index contributed by atoms with van der Waals surface area (Å²) in [5.74, 6) is 1.51. The van der Waals surface area contributed by atoms with Crippen molar-refractivity contribution in [1.82, 2.24) is 5.32 Å². The lowest BCUT2D eigenvalue weighted by Crippen LogP contribution is -2.14. The topological polar surface area (TPSA) is 30.5 Å². The van der Waals surface area contributed by atoms with E-state index >= 15 is 0 Å². The molecule has 0 aromatic heterocycles. The van der Waals surface area contributed by atoms with Gasteiger partial charge in [0.05, 0.1) is 13.7 Å². The van der Waals surface area contributed by atoms with Gasteiger partial charge in [-0.25, -0.2) is 0 Å². The van der Waals surface area contributed by atoms with Gasteiger partial charge in [-0.1, -0.05) is 24.2 Å². The van der Waals surface area contributed by atoms with Crippen LogP contribution in [0.3, 0.4) is 0 Å². The molecule has 0 bridgehead atoms. The van der Waals surface area contributed by atoms with Crippen molar-refractivity contribution in [2.24, 2.45) is 0 Å². The molecule has 0 aliphatic carbocycles. The summed E-state index contributed by atoms with van der Waals surface area (Å²) >= 11 is 5.67. The Morgan fingerprint density at radius 1 is 1.41 bits per heavy atom. The van der Waals surface area contributed by atoms with Crippen LogP contribution in [0.2, 0.25) is 0 Å². The van der Waals surface area contributed by atoms with Crippen molar-refractivity contribution in [1.29, 1.82) is 0 Å². The van der Waals surface area contributed by atoms with E-state index in [0.717, 1.165) is 23.6 Å². The van der Waals surface area contributed by atoms with Gasteiger partial charge < -0.3 is 14.8 Å². The van der Waals surface area contributed by atoms with Gasteiger partial charge in [0.15, 0.2) is 11.5 Å². The van der Waals surface area contributed by atoms with Crippen molar-refractivity contribution < 1.29 is 9.47 Å². The standard InChI is InChI=1S/C13H18ClNO2/c1-4-17-13-7-11(5-6-12(13)16-3)9-15-8-10(2)14/h5-7,15H,2,4,8-9H2,1,3H3. The molecule has 17 heavy (non-hydrogen) atoms. The van der Waals surface area contributed by atoms with Crippen LogP contribution < -0.4 is 14.8 Å². The fourth-order valence-corrected chi connectivity index (χ4v) is 1.54. The van der Waals surface area contributed by atoms with Crippen LogP contribution in [-0.4, -0.2) is 20.3 Å². The zero-order chi connectivity index (χ0) is 12.7. The second-order valence-corrected chi connectivity index (χ2v) is 4.07. The third-order valence-corrected chi connectivity index (χ3v) is 2.31. The monoisotopic (exact) mass is 255 g/mol. The van der Waals surface area contributed by atoms with Crippen LogP contribution in [0, 0.1) is 0 Å². The molecule has 0 saturated heterocycles. The minimum Gasteiger partial charge on any atom is -0.493 e. The first-order valence-electron chi connectivity index (χ1n) is 5.51. The molecule has 0 amide bonds. The highest BCUT2D eigenvalue weighted by atomic mass is 35.5. The van der Waals surface area contributed by atoms with Crippen molar-refractivity contribution in [3.05, 3.63) is 35.4 Å². The van der Waals surface area contributed by atoms with Crippen molar-refractivity contribution in [3.8, 4) is 11.5 Å². The quantitative estimate of drug-likeness (QED) is 0.813. The average Bonchev–Trinajstić information content (AvgIpc) is 2.29. The predicted octanol–water partition coefficient (Wildman–Crippen LogP) is 2.94. The Labute approximate surface area is 107 Å². The molecule has 3 nitrogen and oxygen atoms in total. The number of halogens is 1. The summed E-state index contributed by atoms with van der Waals surface area (Å²) in [5, 5.41) is 3.78. The average molecular weight is 256 g/mol. The largest absolute Gasteiger partial charge is 0.493 e. The Hall–Kier alpha value is -1.19. The third-order valence-electron chi connectivity index (χ3n) is 2.17. The van der Waals surface area contributed by atoms with E-state index in [2.05, 4.69) is 11.9 Å². The van der Waals surface area contributed by atoms with E-state index in [1.54, 1.807) is 7.11 Å². The van der Waals surface area contributed by atoms with E-state index in [4.69, 9.17) is 21.1 Å². The minimum atomic E-state index is 0.595. The molecule has 1 N–H and O–H groups in total. The number of rotatable bonds is 7. The van der Waals surface area contributed by atoms with E-state index in [1.165, 1.54) is 0 Å². The lowest BCUT2D eigenvalue weighted by Gasteiger charge is -2.11. The number of ether oxygens (including phenoxy) is 2. The summed E-state index contributed by atoms with van der Waals surface area (Å²) in [6, 6.07) is 5.86. The van der Waals surface area contributed by atoms with Crippen LogP contribution in [0.4, 0.5) is 0 Å². The smallest absolute Gasteiger partial charge is 0.161 e. The van der Waals surface area contributed by atoms with E-state index in [9.17, 15) is 0 Å². The molecule has 0 saturated carbocycles. The maximum absolute atomic E-state index is 5.67. The summed E-state index contributed by atoms with van der Waals surface area (Å²) in [6.07, 6.45) is 0. The van der Waals surface area contributed by atoms with Crippen LogP contribution in [0.5, 0.6) is 11.5 Å². The maximum Gasteiger partial charge on any atom is 0.161 e. The number of hydrogen-bond donors (Lipinski definition) is 1. The molecule has 0 aliphatic rings. The normalized spacial score (nSPS) is 10.1. The molecule has 0 unspecified atom stereocenters. The van der Waals surface area contributed by atoms with Gasteiger partial charge in [-0.2, -0.15) is 0 Å². The van der Waals surface area contributed by atoms with Crippen LogP contribution in [0.1, 0.15) is 12.5 Å². The Kier molecular flexibility index (Phi) is 5.87. The van der Waals surface area contributed by atoms with Gasteiger partial charge in [-0.15, -0.1) is 0 Å². The lowest BCUT2D eigenvalue weighted by atomic mass is 10.2. The summed E-state index contributed by atoms with van der Waals surface area (Å²) in [4.78, 5) is 0. The first kappa shape index (κ1) is 13.9. The van der Waals surface area contributed by atoms with Gasteiger partial charge in [-0.3, -0.25) is 0 Å². The molecule has 4 heteroatoms. The maximum atomic E-state index is 5.67. The van der Waals surface area contributed by atoms with Gasteiger partial charge in [0.1, 0.15) is 0 Å². The van der Waals surface area contributed by atoms with E-state index in [1.807, 2.05) is 25.1 Å². The van der Waals surface area contributed by atoms with Crippen LogP contribution in [-0.2, 0) is 6.54 Å². The van der Waals surface area contributed by atoms with Crippen LogP contribution in [0.25, 0.3) is 0 Å². The van der Waals surface area contributed by atoms with Gasteiger partial charge >= 0.3 is 0 Å². The van der Waals surface area contributed by atoms with Crippen LogP contribution >= 0.6 is 11.6 Å². The molecule has 94 valence electrons. The molecule has 1 aromatic rings. The number of methoxy groups -OCH3 is 1. The van der Waals surface area contributed by atoms with Gasteiger partial charge in [0.25, 0.3) is 0 Å². The fraction of sp³-hybridized carbons (Fsp3) is 0.385. The molecular formula is C13H18ClNO2. The predicted molar refractivity (Wildman–Crippen MR) is 70.9 cm³/mol. The Morgan fingerprint density at radius 3 is 2.76 bits per heavy atom. The van der Waals surface area contributed by atoms with E-state index in [-0.39, 0.29) is 0 Å². The van der Waals surface area contributed by atoms with Crippen molar-refractivity contribution in [2.75, 3.05) is 20.3 Å². The molecule has 0 heterocycles. The fourth-order valence-electron chi connectivity index (χ4n) is 1.44. The summed E-state index contributed by atoms with van der Waals surface area (Å²) < 4.78 is 10.7. The number of hydrogen-bond acceptors (Lipinski definition) is 3. The minimum absolute atomic E-state index is 0.595. The molecule has 0 atom stereocenters.